The molecule has 3 aliphatic rings. The maximum Gasteiger partial charge on any atom is 0.363 e. The van der Waals surface area contributed by atoms with Crippen LogP contribution in [0.25, 0.3) is 27.1 Å². The first-order valence-corrected chi connectivity index (χ1v) is 29.5. The number of benzene rings is 5. The van der Waals surface area contributed by atoms with Crippen molar-refractivity contribution in [2.24, 2.45) is 0 Å². The smallest absolute Gasteiger partial charge is 0.363 e. The summed E-state index contributed by atoms with van der Waals surface area (Å²) in [6.45, 7) is 10.9. The number of hydrogen-bond acceptors (Lipinski definition) is 13. The van der Waals surface area contributed by atoms with E-state index in [1.165, 1.54) is 18.2 Å². The molecule has 3 heterocycles. The fourth-order valence-corrected chi connectivity index (χ4v) is 13.1. The Balaban J connectivity index is 1.39. The van der Waals surface area contributed by atoms with E-state index in [2.05, 4.69) is 11.8 Å². The lowest BCUT2D eigenvalue weighted by Gasteiger charge is -2.30. The molecule has 2 amide bonds. The highest BCUT2D eigenvalue weighted by Gasteiger charge is 2.49. The molecular formula is C56H62N3O15S3+. The van der Waals surface area contributed by atoms with E-state index in [1.54, 1.807) is 70.5 Å². The summed E-state index contributed by atoms with van der Waals surface area (Å²) in [5.41, 5.74) is 5.29. The number of aryl methyl sites for hydroxylation is 2. The maximum atomic E-state index is 13.6. The van der Waals surface area contributed by atoms with Crippen molar-refractivity contribution in [2.45, 2.75) is 93.8 Å². The van der Waals surface area contributed by atoms with E-state index < -0.39 is 64.7 Å². The first-order chi connectivity index (χ1) is 36.3. The fourth-order valence-electron chi connectivity index (χ4n) is 11.4. The standard InChI is InChI=1S/C56H61N3O15S3/c1-8-27-57-44-19-14-37-13-17-40(76(66,67)68)34-43(37)53(44)56(5,26-30-73-7)47(57)21-15-38(51-35(2)32-39(33-36(51)3)54(62)74-59-49(60)23-24-50(59)61)16-22-48-55(4,25-29-72-6)52-42-11-9-12-46(77(69,70)71)41(42)18-20-45(52)58(48)28-10-31-75(63,64)65/h9,11-22,32-34H,8,10,23-31H2,1-7H3,(H2-,63,64,65,66,67,68,69,70,71)/p+1. The number of rotatable bonds is 20. The highest BCUT2D eigenvalue weighted by Crippen LogP contribution is 2.54. The molecule has 2 atom stereocenters. The van der Waals surface area contributed by atoms with Crippen LogP contribution in [-0.2, 0) is 65.1 Å². The van der Waals surface area contributed by atoms with Gasteiger partial charge in [0.25, 0.3) is 42.2 Å². The third kappa shape index (κ3) is 11.0. The Kier molecular flexibility index (Phi) is 16.1. The number of imide groups is 1. The van der Waals surface area contributed by atoms with Gasteiger partial charge in [-0.25, -0.2) is 4.79 Å². The second kappa shape index (κ2) is 21.8. The van der Waals surface area contributed by atoms with Gasteiger partial charge in [-0.05, 0) is 146 Å². The molecule has 1 saturated heterocycles. The summed E-state index contributed by atoms with van der Waals surface area (Å²) in [6, 6.07) is 19.6. The summed E-state index contributed by atoms with van der Waals surface area (Å²) in [5.74, 6) is -2.72. The third-order valence-electron chi connectivity index (χ3n) is 14.9. The Morgan fingerprint density at radius 1 is 0.779 bits per heavy atom. The van der Waals surface area contributed by atoms with Gasteiger partial charge in [0, 0.05) is 93.1 Å². The van der Waals surface area contributed by atoms with Crippen molar-refractivity contribution in [3.05, 3.63) is 136 Å². The van der Waals surface area contributed by atoms with Crippen molar-refractivity contribution in [3.8, 4) is 0 Å². The van der Waals surface area contributed by atoms with Crippen molar-refractivity contribution >= 4 is 92.3 Å². The predicted octanol–water partition coefficient (Wildman–Crippen LogP) is 8.74. The SMILES string of the molecule is CCCN1/C(=C/C=C(/C=C/C2=[N+](CCCS(=O)(=O)O)c3ccc4c(S(=O)(=O)O)cccc4c3C2(C)CCOC)c2c(C)cc(C(=O)ON3C(=O)CCC3=O)cc2C)C(C)(CCOC)c2c1ccc1ccc(S(=O)(=O)O)cc21. The summed E-state index contributed by atoms with van der Waals surface area (Å²) in [6.07, 6.45) is 9.08. The van der Waals surface area contributed by atoms with E-state index in [0.717, 1.165) is 22.3 Å². The largest absolute Gasteiger partial charge is 0.385 e. The second-order valence-corrected chi connectivity index (χ2v) is 24.4. The van der Waals surface area contributed by atoms with Gasteiger partial charge in [-0.15, -0.1) is 5.06 Å². The van der Waals surface area contributed by atoms with Crippen molar-refractivity contribution in [1.82, 2.24) is 5.06 Å². The van der Waals surface area contributed by atoms with Gasteiger partial charge in [0.1, 0.15) is 11.4 Å². The van der Waals surface area contributed by atoms with Gasteiger partial charge in [0.15, 0.2) is 5.71 Å². The molecule has 3 aliphatic heterocycles. The number of fused-ring (bicyclic) bond motifs is 6. The lowest BCUT2D eigenvalue weighted by molar-refractivity contribution is -0.437. The summed E-state index contributed by atoms with van der Waals surface area (Å²) in [5, 5.41) is 2.67. The molecular weight excluding hydrogens is 1050 g/mol. The van der Waals surface area contributed by atoms with Crippen LogP contribution in [0, 0.1) is 13.8 Å². The number of hydrogen-bond donors (Lipinski definition) is 3. The van der Waals surface area contributed by atoms with Gasteiger partial charge in [-0.2, -0.15) is 29.8 Å². The molecule has 0 saturated carbocycles. The number of carbonyl (C=O) groups is 3. The normalized spacial score (nSPS) is 19.7. The summed E-state index contributed by atoms with van der Waals surface area (Å²) >= 11 is 0. The third-order valence-corrected chi connectivity index (χ3v) is 17.4. The molecule has 5 aromatic carbocycles. The minimum atomic E-state index is -4.68. The monoisotopic (exact) mass is 1110 g/mol. The molecule has 0 radical (unpaired) electrons. The van der Waals surface area contributed by atoms with Crippen LogP contribution in [0.15, 0.2) is 113 Å². The van der Waals surface area contributed by atoms with Crippen molar-refractivity contribution in [2.75, 3.05) is 51.2 Å². The number of anilines is 1. The Labute approximate surface area is 448 Å². The van der Waals surface area contributed by atoms with Gasteiger partial charge in [-0.1, -0.05) is 37.3 Å². The van der Waals surface area contributed by atoms with Crippen LogP contribution in [0.3, 0.4) is 0 Å². The zero-order valence-electron chi connectivity index (χ0n) is 43.8. The highest BCUT2D eigenvalue weighted by atomic mass is 32.2. The summed E-state index contributed by atoms with van der Waals surface area (Å²) in [7, 11) is -10.5. The molecule has 0 aromatic heterocycles. The van der Waals surface area contributed by atoms with Crippen LogP contribution in [0.2, 0.25) is 0 Å². The van der Waals surface area contributed by atoms with Crippen LogP contribution >= 0.6 is 0 Å². The first-order valence-electron chi connectivity index (χ1n) is 25.0. The van der Waals surface area contributed by atoms with Gasteiger partial charge in [0.2, 0.25) is 5.69 Å². The molecule has 5 aromatic rings. The number of carbonyl (C=O) groups excluding carboxylic acids is 3. The Bertz CT molecular complexity index is 3710. The van der Waals surface area contributed by atoms with Gasteiger partial charge < -0.3 is 19.2 Å². The summed E-state index contributed by atoms with van der Waals surface area (Å²) in [4.78, 5) is 45.5. The van der Waals surface area contributed by atoms with Crippen LogP contribution in [0.5, 0.6) is 0 Å². The number of methoxy groups -OCH3 is 2. The van der Waals surface area contributed by atoms with Gasteiger partial charge >= 0.3 is 5.97 Å². The summed E-state index contributed by atoms with van der Waals surface area (Å²) < 4.78 is 119. The molecule has 21 heteroatoms. The molecule has 77 heavy (non-hydrogen) atoms. The van der Waals surface area contributed by atoms with Gasteiger partial charge in [0.05, 0.1) is 21.6 Å². The van der Waals surface area contributed by atoms with Crippen LogP contribution < -0.4 is 4.90 Å². The van der Waals surface area contributed by atoms with Crippen molar-refractivity contribution < 1.29 is 72.2 Å². The van der Waals surface area contributed by atoms with E-state index in [4.69, 9.17) is 14.3 Å². The number of allylic oxidation sites excluding steroid dienone is 6. The topological polar surface area (TPSA) is 251 Å². The average molecular weight is 1110 g/mol. The molecule has 0 aliphatic carbocycles. The molecule has 408 valence electrons. The second-order valence-electron chi connectivity index (χ2n) is 20.0. The van der Waals surface area contributed by atoms with E-state index in [-0.39, 0.29) is 53.2 Å². The molecule has 18 nitrogen and oxygen atoms in total. The maximum absolute atomic E-state index is 13.6. The zero-order valence-corrected chi connectivity index (χ0v) is 46.3. The highest BCUT2D eigenvalue weighted by molar-refractivity contribution is 7.86. The fraction of sp³-hybridized carbons (Fsp3) is 0.357. The average Bonchev–Trinajstić information content (AvgIpc) is 4.03. The van der Waals surface area contributed by atoms with E-state index in [1.807, 2.05) is 54.9 Å². The minimum Gasteiger partial charge on any atom is -0.385 e. The van der Waals surface area contributed by atoms with Crippen LogP contribution in [-0.4, -0.2) is 118 Å². The molecule has 2 unspecified atom stereocenters. The molecule has 0 bridgehead atoms. The van der Waals surface area contributed by atoms with Crippen LogP contribution in [0.4, 0.5) is 11.4 Å². The molecule has 3 N–H and O–H groups in total. The lowest BCUT2D eigenvalue weighted by atomic mass is 9.74. The lowest BCUT2D eigenvalue weighted by Crippen LogP contribution is -2.33. The Morgan fingerprint density at radius 2 is 1.43 bits per heavy atom. The predicted molar refractivity (Wildman–Crippen MR) is 291 cm³/mol. The Hall–Kier alpha value is -6.43. The number of amides is 2. The van der Waals surface area contributed by atoms with E-state index in [9.17, 15) is 53.3 Å². The van der Waals surface area contributed by atoms with Crippen molar-refractivity contribution in [1.29, 1.82) is 0 Å². The van der Waals surface area contributed by atoms with Crippen LogP contribution in [0.1, 0.15) is 97.5 Å². The van der Waals surface area contributed by atoms with Gasteiger partial charge in [-0.3, -0.25) is 23.2 Å². The number of ether oxygens (including phenoxy) is 2. The first kappa shape index (κ1) is 56.8. The zero-order chi connectivity index (χ0) is 56.0. The molecule has 1 fully saturated rings. The quantitative estimate of drug-likeness (QED) is 0.0285. The van der Waals surface area contributed by atoms with E-state index >= 15 is 0 Å². The molecule has 8 rings (SSSR count). The number of hydroxylamine groups is 2. The molecule has 0 spiro atoms. The van der Waals surface area contributed by atoms with Crippen molar-refractivity contribution in [3.63, 3.8) is 0 Å². The Morgan fingerprint density at radius 3 is 2.04 bits per heavy atom. The van der Waals surface area contributed by atoms with E-state index in [0.29, 0.717) is 87.5 Å². The minimum absolute atomic E-state index is 0.00739. The number of nitrogens with zero attached hydrogens (tertiary/aromatic N) is 3.